The predicted octanol–water partition coefficient (Wildman–Crippen LogP) is 3.15. The molecule has 0 saturated heterocycles. The molecule has 3 heteroatoms. The van der Waals surface area contributed by atoms with Gasteiger partial charge in [-0.15, -0.1) is 0 Å². The maximum atomic E-state index is 11.3. The minimum atomic E-state index is -0.166. The van der Waals surface area contributed by atoms with Crippen molar-refractivity contribution in [2.75, 3.05) is 0 Å². The third-order valence-corrected chi connectivity index (χ3v) is 2.38. The summed E-state index contributed by atoms with van der Waals surface area (Å²) in [6.45, 7) is 7.55. The van der Waals surface area contributed by atoms with Crippen LogP contribution >= 0.6 is 0 Å². The fraction of sp³-hybridized carbons (Fsp3) is 0.385. The van der Waals surface area contributed by atoms with Crippen LogP contribution in [0.3, 0.4) is 0 Å². The van der Waals surface area contributed by atoms with Crippen molar-refractivity contribution in [1.29, 1.82) is 0 Å². The third kappa shape index (κ3) is 2.65. The highest BCUT2D eigenvalue weighted by molar-refractivity contribution is 5.94. The summed E-state index contributed by atoms with van der Waals surface area (Å²) in [4.78, 5) is 25.3. The number of carbonyl (C=O) groups excluding carboxylic acids is 2. The molecule has 0 aliphatic heterocycles. The number of benzene rings is 1. The summed E-state index contributed by atoms with van der Waals surface area (Å²) >= 11 is 0. The fourth-order valence-corrected chi connectivity index (χ4v) is 1.50. The van der Waals surface area contributed by atoms with Crippen LogP contribution in [0.15, 0.2) is 23.2 Å². The van der Waals surface area contributed by atoms with E-state index >= 15 is 0 Å². The lowest BCUT2D eigenvalue weighted by molar-refractivity contribution is 0.101. The number of Topliss-reactive ketones (excluding diaryl/α,β-unsaturated/α-hetero) is 1. The van der Waals surface area contributed by atoms with E-state index in [1.165, 1.54) is 13.0 Å². The smallest absolute Gasteiger partial charge is 0.240 e. The Balaban J connectivity index is 3.44. The van der Waals surface area contributed by atoms with Crippen molar-refractivity contribution >= 4 is 17.6 Å². The van der Waals surface area contributed by atoms with Gasteiger partial charge in [0.25, 0.3) is 0 Å². The summed E-state index contributed by atoms with van der Waals surface area (Å²) in [6, 6.07) is 5.15. The molecule has 1 aromatic carbocycles. The van der Waals surface area contributed by atoms with Crippen molar-refractivity contribution in [3.63, 3.8) is 0 Å². The van der Waals surface area contributed by atoms with E-state index in [1.807, 2.05) is 20.8 Å². The molecule has 0 bridgehead atoms. The van der Waals surface area contributed by atoms with Gasteiger partial charge in [0.15, 0.2) is 5.78 Å². The zero-order chi connectivity index (χ0) is 12.3. The standard InChI is InChI=1S/C13H15NO2/c1-9(16)10-5-6-12(14-8-15)11(7-10)13(2,3)4/h5-7H,1-4H3. The molecule has 3 nitrogen and oxygen atoms in total. The quantitative estimate of drug-likeness (QED) is 0.434. The van der Waals surface area contributed by atoms with E-state index in [4.69, 9.17) is 0 Å². The maximum Gasteiger partial charge on any atom is 0.240 e. The summed E-state index contributed by atoms with van der Waals surface area (Å²) in [5.74, 6) is 0.00660. The van der Waals surface area contributed by atoms with Crippen molar-refractivity contribution in [2.24, 2.45) is 4.99 Å². The van der Waals surface area contributed by atoms with Crippen LogP contribution in [0.5, 0.6) is 0 Å². The van der Waals surface area contributed by atoms with E-state index < -0.39 is 0 Å². The van der Waals surface area contributed by atoms with Crippen LogP contribution in [0.1, 0.15) is 43.6 Å². The molecule has 1 rings (SSSR count). The lowest BCUT2D eigenvalue weighted by Crippen LogP contribution is -2.12. The Bertz CT molecular complexity index is 463. The Morgan fingerprint density at radius 1 is 1.31 bits per heavy atom. The molecule has 16 heavy (non-hydrogen) atoms. The Kier molecular flexibility index (Phi) is 3.41. The second kappa shape index (κ2) is 4.42. The lowest BCUT2D eigenvalue weighted by atomic mass is 9.84. The van der Waals surface area contributed by atoms with Gasteiger partial charge in [0.2, 0.25) is 6.08 Å². The number of isocyanates is 1. The van der Waals surface area contributed by atoms with Gasteiger partial charge in [0.1, 0.15) is 0 Å². The number of ketones is 1. The number of hydrogen-bond acceptors (Lipinski definition) is 3. The summed E-state index contributed by atoms with van der Waals surface area (Å²) in [7, 11) is 0. The summed E-state index contributed by atoms with van der Waals surface area (Å²) in [5, 5.41) is 0. The first-order valence-corrected chi connectivity index (χ1v) is 5.09. The normalized spacial score (nSPS) is 10.8. The van der Waals surface area contributed by atoms with Gasteiger partial charge in [-0.25, -0.2) is 4.79 Å². The molecular formula is C13H15NO2. The number of hydrogen-bond donors (Lipinski definition) is 0. The molecule has 0 N–H and O–H groups in total. The van der Waals surface area contributed by atoms with Gasteiger partial charge < -0.3 is 0 Å². The molecule has 0 atom stereocenters. The van der Waals surface area contributed by atoms with Gasteiger partial charge in [-0.2, -0.15) is 4.99 Å². The van der Waals surface area contributed by atoms with Crippen LogP contribution in [-0.4, -0.2) is 11.9 Å². The van der Waals surface area contributed by atoms with Crippen molar-refractivity contribution < 1.29 is 9.59 Å². The highest BCUT2D eigenvalue weighted by Gasteiger charge is 2.19. The molecule has 1 aromatic rings. The SMILES string of the molecule is CC(=O)c1ccc(N=C=O)c(C(C)(C)C)c1. The van der Waals surface area contributed by atoms with E-state index in [2.05, 4.69) is 4.99 Å². The number of nitrogens with zero attached hydrogens (tertiary/aromatic N) is 1. The second-order valence-corrected chi connectivity index (χ2v) is 4.74. The van der Waals surface area contributed by atoms with Gasteiger partial charge in [-0.1, -0.05) is 20.8 Å². The van der Waals surface area contributed by atoms with Gasteiger partial charge in [0.05, 0.1) is 5.69 Å². The first kappa shape index (κ1) is 12.3. The van der Waals surface area contributed by atoms with Crippen LogP contribution in [0, 0.1) is 0 Å². The first-order valence-electron chi connectivity index (χ1n) is 5.09. The number of carbonyl (C=O) groups is 1. The average Bonchev–Trinajstić information content (AvgIpc) is 2.16. The molecule has 0 aromatic heterocycles. The summed E-state index contributed by atoms with van der Waals surface area (Å²) in [5.41, 5.74) is 1.92. The second-order valence-electron chi connectivity index (χ2n) is 4.74. The Morgan fingerprint density at radius 2 is 1.94 bits per heavy atom. The molecule has 0 fully saturated rings. The largest absolute Gasteiger partial charge is 0.295 e. The lowest BCUT2D eigenvalue weighted by Gasteiger charge is -2.21. The molecule has 84 valence electrons. The minimum Gasteiger partial charge on any atom is -0.295 e. The van der Waals surface area contributed by atoms with Gasteiger partial charge in [0, 0.05) is 5.56 Å². The highest BCUT2D eigenvalue weighted by Crippen LogP contribution is 2.32. The molecule has 0 saturated carbocycles. The molecule has 0 amide bonds. The van der Waals surface area contributed by atoms with Crippen LogP contribution < -0.4 is 0 Å². The van der Waals surface area contributed by atoms with Crippen LogP contribution in [0.2, 0.25) is 0 Å². The number of aliphatic imine (C=N–C) groups is 1. The van der Waals surface area contributed by atoms with Gasteiger partial charge in [-0.3, -0.25) is 4.79 Å². The van der Waals surface area contributed by atoms with E-state index in [9.17, 15) is 9.59 Å². The van der Waals surface area contributed by atoms with E-state index in [-0.39, 0.29) is 11.2 Å². The van der Waals surface area contributed by atoms with Crippen LogP contribution in [0.25, 0.3) is 0 Å². The third-order valence-electron chi connectivity index (χ3n) is 2.38. The first-order chi connectivity index (χ1) is 7.36. The van der Waals surface area contributed by atoms with Crippen molar-refractivity contribution in [2.45, 2.75) is 33.1 Å². The van der Waals surface area contributed by atoms with Crippen LogP contribution in [0.4, 0.5) is 5.69 Å². The zero-order valence-corrected chi connectivity index (χ0v) is 10.00. The summed E-state index contributed by atoms with van der Waals surface area (Å²) in [6.07, 6.45) is 1.54. The monoisotopic (exact) mass is 217 g/mol. The highest BCUT2D eigenvalue weighted by atomic mass is 16.1. The molecule has 0 spiro atoms. The van der Waals surface area contributed by atoms with Crippen molar-refractivity contribution in [3.8, 4) is 0 Å². The molecular weight excluding hydrogens is 202 g/mol. The molecule has 0 unspecified atom stereocenters. The Morgan fingerprint density at radius 3 is 2.38 bits per heavy atom. The zero-order valence-electron chi connectivity index (χ0n) is 10.00. The maximum absolute atomic E-state index is 11.3. The van der Waals surface area contributed by atoms with Gasteiger partial charge >= 0.3 is 0 Å². The number of rotatable bonds is 2. The summed E-state index contributed by atoms with van der Waals surface area (Å²) < 4.78 is 0. The average molecular weight is 217 g/mol. The van der Waals surface area contributed by atoms with E-state index in [0.29, 0.717) is 11.3 Å². The Hall–Kier alpha value is -1.73. The van der Waals surface area contributed by atoms with Crippen molar-refractivity contribution in [3.05, 3.63) is 29.3 Å². The van der Waals surface area contributed by atoms with E-state index in [0.717, 1.165) is 5.56 Å². The predicted molar refractivity (Wildman–Crippen MR) is 62.9 cm³/mol. The molecule has 0 aliphatic rings. The molecule has 0 aliphatic carbocycles. The van der Waals surface area contributed by atoms with Gasteiger partial charge in [-0.05, 0) is 36.1 Å². The van der Waals surface area contributed by atoms with Crippen molar-refractivity contribution in [1.82, 2.24) is 0 Å². The molecule has 0 radical (unpaired) electrons. The molecule has 0 heterocycles. The Labute approximate surface area is 95.2 Å². The van der Waals surface area contributed by atoms with E-state index in [1.54, 1.807) is 18.2 Å². The topological polar surface area (TPSA) is 46.5 Å². The fourth-order valence-electron chi connectivity index (χ4n) is 1.50. The minimum absolute atomic E-state index is 0.00660. The van der Waals surface area contributed by atoms with Crippen LogP contribution in [-0.2, 0) is 10.2 Å².